The number of nitrogens with one attached hydrogen (secondary N) is 2. The van der Waals surface area contributed by atoms with Crippen LogP contribution in [0.1, 0.15) is 11.1 Å². The van der Waals surface area contributed by atoms with Crippen molar-refractivity contribution in [3.8, 4) is 0 Å². The molecule has 1 amide bonds. The number of likely N-dealkylation sites (N-methyl/N-ethyl adjacent to an activating group) is 1. The van der Waals surface area contributed by atoms with Gasteiger partial charge in [0.1, 0.15) is 0 Å². The fourth-order valence-corrected chi connectivity index (χ4v) is 1.84. The van der Waals surface area contributed by atoms with Gasteiger partial charge in [0.2, 0.25) is 5.91 Å². The van der Waals surface area contributed by atoms with Crippen molar-refractivity contribution in [2.45, 2.75) is 12.8 Å². The Morgan fingerprint density at radius 1 is 1.57 bits per heavy atom. The van der Waals surface area contributed by atoms with Gasteiger partial charge in [0.05, 0.1) is 6.42 Å². The van der Waals surface area contributed by atoms with Gasteiger partial charge in [-0.05, 0) is 23.6 Å². The van der Waals surface area contributed by atoms with Crippen LogP contribution >= 0.6 is 0 Å². The van der Waals surface area contributed by atoms with Crippen molar-refractivity contribution in [3.05, 3.63) is 29.3 Å². The van der Waals surface area contributed by atoms with Crippen molar-refractivity contribution in [3.63, 3.8) is 0 Å². The standard InChI is InChI=1S/C11H14N2O/c1-12-11(14)7-8-3-2-4-10-9(8)5-6-13-10/h2-4,13H,5-7H2,1H3,(H,12,14). The van der Waals surface area contributed by atoms with E-state index >= 15 is 0 Å². The Hall–Kier alpha value is -1.51. The number of benzene rings is 1. The van der Waals surface area contributed by atoms with Crippen LogP contribution in [0.15, 0.2) is 18.2 Å². The smallest absolute Gasteiger partial charge is 0.224 e. The summed E-state index contributed by atoms with van der Waals surface area (Å²) >= 11 is 0. The van der Waals surface area contributed by atoms with Crippen molar-refractivity contribution >= 4 is 11.6 Å². The highest BCUT2D eigenvalue weighted by molar-refractivity contribution is 5.79. The third-order valence-electron chi connectivity index (χ3n) is 2.59. The molecule has 1 aliphatic heterocycles. The number of carbonyl (C=O) groups is 1. The second-order valence-corrected chi connectivity index (χ2v) is 3.47. The summed E-state index contributed by atoms with van der Waals surface area (Å²) in [4.78, 5) is 11.2. The van der Waals surface area contributed by atoms with E-state index in [4.69, 9.17) is 0 Å². The summed E-state index contributed by atoms with van der Waals surface area (Å²) in [5, 5.41) is 5.95. The Morgan fingerprint density at radius 3 is 3.21 bits per heavy atom. The molecule has 2 rings (SSSR count). The van der Waals surface area contributed by atoms with E-state index in [9.17, 15) is 4.79 Å². The fraction of sp³-hybridized carbons (Fsp3) is 0.364. The van der Waals surface area contributed by atoms with Gasteiger partial charge in [-0.3, -0.25) is 4.79 Å². The number of hydrogen-bond acceptors (Lipinski definition) is 2. The van der Waals surface area contributed by atoms with Crippen molar-refractivity contribution in [1.29, 1.82) is 0 Å². The molecule has 1 aliphatic rings. The van der Waals surface area contributed by atoms with Crippen molar-refractivity contribution in [2.24, 2.45) is 0 Å². The van der Waals surface area contributed by atoms with Crippen LogP contribution in [0.4, 0.5) is 5.69 Å². The topological polar surface area (TPSA) is 41.1 Å². The molecule has 74 valence electrons. The molecule has 3 heteroatoms. The summed E-state index contributed by atoms with van der Waals surface area (Å²) in [6.07, 6.45) is 1.52. The normalized spacial score (nSPS) is 13.2. The highest BCUT2D eigenvalue weighted by Gasteiger charge is 2.14. The van der Waals surface area contributed by atoms with Gasteiger partial charge in [-0.1, -0.05) is 12.1 Å². The number of carbonyl (C=O) groups excluding carboxylic acids is 1. The highest BCUT2D eigenvalue weighted by atomic mass is 16.1. The van der Waals surface area contributed by atoms with Crippen molar-refractivity contribution < 1.29 is 4.79 Å². The van der Waals surface area contributed by atoms with E-state index < -0.39 is 0 Å². The van der Waals surface area contributed by atoms with E-state index in [-0.39, 0.29) is 5.91 Å². The Kier molecular flexibility index (Phi) is 2.39. The minimum absolute atomic E-state index is 0.0744. The van der Waals surface area contributed by atoms with Crippen molar-refractivity contribution in [1.82, 2.24) is 5.32 Å². The van der Waals surface area contributed by atoms with Crippen LogP contribution in [0.25, 0.3) is 0 Å². The number of anilines is 1. The van der Waals surface area contributed by atoms with E-state index in [1.807, 2.05) is 12.1 Å². The monoisotopic (exact) mass is 190 g/mol. The van der Waals surface area contributed by atoms with Crippen LogP contribution in [0.5, 0.6) is 0 Å². The average Bonchev–Trinajstić information content (AvgIpc) is 2.66. The number of rotatable bonds is 2. The predicted octanol–water partition coefficient (Wildman–Crippen LogP) is 0.943. The van der Waals surface area contributed by atoms with Gasteiger partial charge in [0.25, 0.3) is 0 Å². The summed E-state index contributed by atoms with van der Waals surface area (Å²) in [6, 6.07) is 6.09. The van der Waals surface area contributed by atoms with E-state index in [0.29, 0.717) is 6.42 Å². The van der Waals surface area contributed by atoms with Gasteiger partial charge in [-0.25, -0.2) is 0 Å². The molecule has 0 bridgehead atoms. The van der Waals surface area contributed by atoms with Gasteiger partial charge in [-0.2, -0.15) is 0 Å². The Labute approximate surface area is 83.5 Å². The predicted molar refractivity (Wildman–Crippen MR) is 56.4 cm³/mol. The summed E-state index contributed by atoms with van der Waals surface area (Å²) in [5.41, 5.74) is 3.63. The highest BCUT2D eigenvalue weighted by Crippen LogP contribution is 2.25. The molecule has 0 spiro atoms. The first-order chi connectivity index (χ1) is 6.81. The molecule has 0 saturated carbocycles. The van der Waals surface area contributed by atoms with E-state index in [1.165, 1.54) is 11.3 Å². The minimum atomic E-state index is 0.0744. The molecule has 0 aliphatic carbocycles. The molecular formula is C11H14N2O. The molecule has 0 fully saturated rings. The van der Waals surface area contributed by atoms with Crippen LogP contribution < -0.4 is 10.6 Å². The Bertz CT molecular complexity index is 360. The molecular weight excluding hydrogens is 176 g/mol. The summed E-state index contributed by atoms with van der Waals surface area (Å²) in [7, 11) is 1.67. The second kappa shape index (κ2) is 3.70. The lowest BCUT2D eigenvalue weighted by atomic mass is 10.0. The molecule has 0 atom stereocenters. The zero-order valence-electron chi connectivity index (χ0n) is 8.26. The first kappa shape index (κ1) is 9.06. The summed E-state index contributed by atoms with van der Waals surface area (Å²) in [6.45, 7) is 0.986. The van der Waals surface area contributed by atoms with Crippen molar-refractivity contribution in [2.75, 3.05) is 18.9 Å². The minimum Gasteiger partial charge on any atom is -0.384 e. The molecule has 1 aromatic rings. The van der Waals surface area contributed by atoms with Gasteiger partial charge in [0.15, 0.2) is 0 Å². The summed E-state index contributed by atoms with van der Waals surface area (Å²) < 4.78 is 0. The zero-order valence-corrected chi connectivity index (χ0v) is 8.26. The Morgan fingerprint density at radius 2 is 2.43 bits per heavy atom. The quantitative estimate of drug-likeness (QED) is 0.728. The second-order valence-electron chi connectivity index (χ2n) is 3.47. The molecule has 14 heavy (non-hydrogen) atoms. The third kappa shape index (κ3) is 1.58. The number of fused-ring (bicyclic) bond motifs is 1. The average molecular weight is 190 g/mol. The molecule has 2 N–H and O–H groups in total. The maximum atomic E-state index is 11.2. The number of amides is 1. The van der Waals surface area contributed by atoms with Gasteiger partial charge in [0, 0.05) is 19.3 Å². The lowest BCUT2D eigenvalue weighted by molar-refractivity contribution is -0.119. The molecule has 3 nitrogen and oxygen atoms in total. The van der Waals surface area contributed by atoms with Crippen LogP contribution in [0.2, 0.25) is 0 Å². The molecule has 0 aromatic heterocycles. The Balaban J connectivity index is 2.26. The SMILES string of the molecule is CNC(=O)Cc1cccc2c1CCN2. The van der Waals surface area contributed by atoms with Gasteiger partial charge in [-0.15, -0.1) is 0 Å². The zero-order chi connectivity index (χ0) is 9.97. The summed E-state index contributed by atoms with van der Waals surface area (Å²) in [5.74, 6) is 0.0744. The third-order valence-corrected chi connectivity index (χ3v) is 2.59. The molecule has 0 unspecified atom stereocenters. The molecule has 0 radical (unpaired) electrons. The van der Waals surface area contributed by atoms with E-state index in [2.05, 4.69) is 16.7 Å². The van der Waals surface area contributed by atoms with Crippen LogP contribution in [-0.2, 0) is 17.6 Å². The fourth-order valence-electron chi connectivity index (χ4n) is 1.84. The number of hydrogen-bond donors (Lipinski definition) is 2. The first-order valence-electron chi connectivity index (χ1n) is 4.86. The van der Waals surface area contributed by atoms with Crippen LogP contribution in [0, 0.1) is 0 Å². The largest absolute Gasteiger partial charge is 0.384 e. The van der Waals surface area contributed by atoms with Crippen LogP contribution in [0.3, 0.4) is 0 Å². The maximum Gasteiger partial charge on any atom is 0.224 e. The van der Waals surface area contributed by atoms with E-state index in [0.717, 1.165) is 18.5 Å². The first-order valence-corrected chi connectivity index (χ1v) is 4.86. The molecule has 0 saturated heterocycles. The maximum absolute atomic E-state index is 11.2. The lowest BCUT2D eigenvalue weighted by Gasteiger charge is -2.06. The molecule has 1 heterocycles. The van der Waals surface area contributed by atoms with Crippen LogP contribution in [-0.4, -0.2) is 19.5 Å². The van der Waals surface area contributed by atoms with E-state index in [1.54, 1.807) is 7.05 Å². The lowest BCUT2D eigenvalue weighted by Crippen LogP contribution is -2.20. The van der Waals surface area contributed by atoms with Gasteiger partial charge >= 0.3 is 0 Å². The van der Waals surface area contributed by atoms with Gasteiger partial charge < -0.3 is 10.6 Å². The molecule has 1 aromatic carbocycles.